The minimum absolute atomic E-state index is 0.0247. The maximum absolute atomic E-state index is 14.4. The molecule has 0 aliphatic carbocycles. The number of ether oxygens (including phenoxy) is 3. The number of alkyl halides is 3. The average molecular weight is 662 g/mol. The topological polar surface area (TPSA) is 112 Å². The van der Waals surface area contributed by atoms with E-state index in [1.54, 1.807) is 38.5 Å². The van der Waals surface area contributed by atoms with E-state index in [0.29, 0.717) is 42.2 Å². The van der Waals surface area contributed by atoms with Crippen LogP contribution in [0.5, 0.6) is 0 Å². The van der Waals surface area contributed by atoms with Gasteiger partial charge < -0.3 is 34.3 Å². The Morgan fingerprint density at radius 3 is 2.48 bits per heavy atom. The van der Waals surface area contributed by atoms with Crippen molar-refractivity contribution in [3.8, 4) is 0 Å². The second kappa shape index (κ2) is 12.2. The van der Waals surface area contributed by atoms with Crippen molar-refractivity contribution < 1.29 is 37.0 Å². The van der Waals surface area contributed by atoms with Gasteiger partial charge in [0.25, 0.3) is 5.91 Å². The summed E-state index contributed by atoms with van der Waals surface area (Å²) in [6, 6.07) is 5.26. The molecule has 250 valence electrons. The second-order valence-corrected chi connectivity index (χ2v) is 19.8. The highest BCUT2D eigenvalue weighted by molar-refractivity contribution is 6.76. The van der Waals surface area contributed by atoms with Gasteiger partial charge in [-0.1, -0.05) is 25.7 Å². The Kier molecular flexibility index (Phi) is 8.94. The molecular formula is C32H42F3N5O5Si. The second-order valence-electron chi connectivity index (χ2n) is 14.2. The van der Waals surface area contributed by atoms with Gasteiger partial charge in [-0.05, 0) is 56.1 Å². The summed E-state index contributed by atoms with van der Waals surface area (Å²) in [6.07, 6.45) is -5.25. The van der Waals surface area contributed by atoms with Gasteiger partial charge in [0.05, 0.1) is 35.9 Å². The molecule has 0 saturated heterocycles. The molecule has 1 atom stereocenters. The number of nitrogen functional groups attached to an aromatic ring is 1. The number of carbonyl (C=O) groups is 2. The molecule has 14 heteroatoms. The van der Waals surface area contributed by atoms with Gasteiger partial charge in [0.1, 0.15) is 23.8 Å². The fourth-order valence-corrected chi connectivity index (χ4v) is 6.55. The molecule has 1 aromatic carbocycles. The lowest BCUT2D eigenvalue weighted by atomic mass is 9.92. The lowest BCUT2D eigenvalue weighted by molar-refractivity contribution is -0.137. The molecule has 2 aliphatic heterocycles. The quantitative estimate of drug-likeness (QED) is 0.226. The van der Waals surface area contributed by atoms with Crippen LogP contribution in [0.4, 0.5) is 23.8 Å². The van der Waals surface area contributed by atoms with Gasteiger partial charge in [-0.2, -0.15) is 13.2 Å². The van der Waals surface area contributed by atoms with E-state index in [0.717, 1.165) is 29.3 Å². The van der Waals surface area contributed by atoms with Crippen LogP contribution in [0.2, 0.25) is 25.7 Å². The van der Waals surface area contributed by atoms with Crippen LogP contribution in [0, 0.1) is 0 Å². The normalized spacial score (nSPS) is 16.8. The van der Waals surface area contributed by atoms with Gasteiger partial charge in [0.2, 0.25) is 0 Å². The van der Waals surface area contributed by atoms with Crippen LogP contribution < -0.4 is 5.73 Å². The van der Waals surface area contributed by atoms with Crippen LogP contribution in [0.3, 0.4) is 0 Å². The Labute approximate surface area is 267 Å². The smallest absolute Gasteiger partial charge is 0.416 e. The van der Waals surface area contributed by atoms with Crippen LogP contribution in [0.25, 0.3) is 11.0 Å². The number of nitrogens with two attached hydrogens (primary N) is 1. The van der Waals surface area contributed by atoms with Gasteiger partial charge in [-0.15, -0.1) is 0 Å². The first-order valence-corrected chi connectivity index (χ1v) is 19.0. The summed E-state index contributed by atoms with van der Waals surface area (Å²) in [5.74, 6) is -0.0845. The van der Waals surface area contributed by atoms with E-state index in [-0.39, 0.29) is 31.1 Å². The zero-order chi connectivity index (χ0) is 33.8. The summed E-state index contributed by atoms with van der Waals surface area (Å²) in [7, 11) is 0.195. The fourth-order valence-electron chi connectivity index (χ4n) is 5.79. The molecule has 0 radical (unpaired) electrons. The average Bonchev–Trinajstić information content (AvgIpc) is 3.57. The molecular weight excluding hydrogens is 619 g/mol. The van der Waals surface area contributed by atoms with Crippen molar-refractivity contribution in [2.24, 2.45) is 0 Å². The highest BCUT2D eigenvalue weighted by Crippen LogP contribution is 2.38. The Balaban J connectivity index is 1.55. The molecule has 4 heterocycles. The Morgan fingerprint density at radius 2 is 1.83 bits per heavy atom. The molecule has 5 rings (SSSR count). The molecule has 3 aromatic rings. The molecule has 2 amide bonds. The molecule has 0 saturated carbocycles. The Hall–Kier alpha value is -3.62. The number of pyridine rings is 1. The van der Waals surface area contributed by atoms with Gasteiger partial charge >= 0.3 is 12.3 Å². The summed E-state index contributed by atoms with van der Waals surface area (Å²) in [4.78, 5) is 34.9. The van der Waals surface area contributed by atoms with E-state index in [2.05, 4.69) is 24.6 Å². The van der Waals surface area contributed by atoms with Crippen LogP contribution in [0.1, 0.15) is 65.1 Å². The van der Waals surface area contributed by atoms with Crippen molar-refractivity contribution in [1.29, 1.82) is 0 Å². The lowest BCUT2D eigenvalue weighted by Crippen LogP contribution is -2.47. The third-order valence-electron chi connectivity index (χ3n) is 8.23. The van der Waals surface area contributed by atoms with Crippen LogP contribution >= 0.6 is 0 Å². The van der Waals surface area contributed by atoms with Gasteiger partial charge in [-0.3, -0.25) is 4.79 Å². The molecule has 2 N–H and O–H groups in total. The van der Waals surface area contributed by atoms with E-state index in [1.165, 1.54) is 15.9 Å². The predicted octanol–water partition coefficient (Wildman–Crippen LogP) is 6.54. The molecule has 2 aliphatic rings. The summed E-state index contributed by atoms with van der Waals surface area (Å²) >= 11 is 0. The number of halogens is 3. The third-order valence-corrected chi connectivity index (χ3v) is 9.93. The first-order valence-electron chi connectivity index (χ1n) is 15.2. The number of likely N-dealkylation sites (N-methyl/N-ethyl adjacent to an activating group) is 1. The van der Waals surface area contributed by atoms with Crippen LogP contribution in [-0.4, -0.2) is 65.2 Å². The largest absolute Gasteiger partial charge is 0.444 e. The third kappa shape index (κ3) is 7.03. The monoisotopic (exact) mass is 661 g/mol. The molecule has 10 nitrogen and oxygen atoms in total. The predicted molar refractivity (Wildman–Crippen MR) is 170 cm³/mol. The fraction of sp³-hybridized carbons (Fsp3) is 0.531. The number of rotatable bonds is 7. The maximum atomic E-state index is 14.4. The first kappa shape index (κ1) is 33.7. The standard InChI is InChI=1S/C32H42F3N5O5Si/c1-31(2,3)45-30(42)39-14-19-12-20(32(33,34)35)8-9-21(19)26(15-39)38(4)29(41)25-13-24-27(22-16-44-17-23(22)28(36)37-24)40(25)18-43-10-11-46(5,6)7/h8-9,12-13,26H,10-11,14-18H2,1-7H3,(H2,36,37). The Morgan fingerprint density at radius 1 is 1.13 bits per heavy atom. The zero-order valence-electron chi connectivity index (χ0n) is 27.4. The van der Waals surface area contributed by atoms with Crippen molar-refractivity contribution >= 4 is 36.9 Å². The molecule has 0 bridgehead atoms. The summed E-state index contributed by atoms with van der Waals surface area (Å²) in [6.45, 7) is 13.1. The molecule has 0 spiro atoms. The van der Waals surface area contributed by atoms with Crippen molar-refractivity contribution in [2.45, 2.75) is 90.8 Å². The molecule has 0 fully saturated rings. The van der Waals surface area contributed by atoms with Crippen molar-refractivity contribution in [3.63, 3.8) is 0 Å². The maximum Gasteiger partial charge on any atom is 0.416 e. The highest BCUT2D eigenvalue weighted by atomic mass is 28.3. The number of anilines is 1. The van der Waals surface area contributed by atoms with Crippen molar-refractivity contribution in [2.75, 3.05) is 25.9 Å². The number of benzene rings is 1. The van der Waals surface area contributed by atoms with Crippen molar-refractivity contribution in [3.05, 3.63) is 57.8 Å². The lowest BCUT2D eigenvalue weighted by Gasteiger charge is -2.39. The van der Waals surface area contributed by atoms with Gasteiger partial charge in [-0.25, -0.2) is 9.78 Å². The number of hydrogen-bond acceptors (Lipinski definition) is 7. The van der Waals surface area contributed by atoms with Gasteiger partial charge in [0.15, 0.2) is 0 Å². The number of fused-ring (bicyclic) bond motifs is 4. The van der Waals surface area contributed by atoms with Crippen LogP contribution in [-0.2, 0) is 46.9 Å². The van der Waals surface area contributed by atoms with Crippen molar-refractivity contribution in [1.82, 2.24) is 19.4 Å². The number of amides is 2. The zero-order valence-corrected chi connectivity index (χ0v) is 28.4. The van der Waals surface area contributed by atoms with E-state index < -0.39 is 43.5 Å². The van der Waals surface area contributed by atoms with E-state index >= 15 is 0 Å². The van der Waals surface area contributed by atoms with Crippen LogP contribution in [0.15, 0.2) is 24.3 Å². The van der Waals surface area contributed by atoms with E-state index in [9.17, 15) is 22.8 Å². The number of aromatic nitrogens is 2. The van der Waals surface area contributed by atoms with Gasteiger partial charge in [0, 0.05) is 45.9 Å². The molecule has 2 aromatic heterocycles. The SMILES string of the molecule is CN(C(=O)c1cc2nc(N)c3c(c2n1COCC[Si](C)(C)C)COC3)C1CN(C(=O)OC(C)(C)C)Cc2cc(C(F)(F)F)ccc21. The van der Waals surface area contributed by atoms with E-state index in [1.807, 2.05) is 0 Å². The number of carbonyl (C=O) groups excluding carboxylic acids is 2. The molecule has 1 unspecified atom stereocenters. The summed E-state index contributed by atoms with van der Waals surface area (Å²) in [5, 5.41) is 0. The minimum Gasteiger partial charge on any atom is -0.444 e. The number of nitrogens with zero attached hydrogens (tertiary/aromatic N) is 4. The summed E-state index contributed by atoms with van der Waals surface area (Å²) in [5.41, 5.74) is 8.51. The Bertz CT molecular complexity index is 1660. The summed E-state index contributed by atoms with van der Waals surface area (Å²) < 4.78 is 60.2. The molecule has 46 heavy (non-hydrogen) atoms. The minimum atomic E-state index is -4.57. The van der Waals surface area contributed by atoms with E-state index in [4.69, 9.17) is 19.9 Å². The first-order chi connectivity index (χ1) is 21.3. The number of hydrogen-bond donors (Lipinski definition) is 1. The highest BCUT2D eigenvalue weighted by Gasteiger charge is 2.38.